The van der Waals surface area contributed by atoms with Crippen LogP contribution >= 0.6 is 0 Å². The second kappa shape index (κ2) is 6.59. The summed E-state index contributed by atoms with van der Waals surface area (Å²) >= 11 is 0. The first kappa shape index (κ1) is 17.0. The molecule has 1 unspecified atom stereocenters. The van der Waals surface area contributed by atoms with Gasteiger partial charge in [-0.15, -0.1) is 0 Å². The Morgan fingerprint density at radius 1 is 1.12 bits per heavy atom. The number of carbonyl (C=O) groups is 2. The topological polar surface area (TPSA) is 75.6 Å². The van der Waals surface area contributed by atoms with Gasteiger partial charge < -0.3 is 15.2 Å². The van der Waals surface area contributed by atoms with E-state index in [2.05, 4.69) is 5.32 Å². The Morgan fingerprint density at radius 3 is 2.48 bits per heavy atom. The van der Waals surface area contributed by atoms with Crippen LogP contribution in [-0.4, -0.2) is 23.6 Å². The van der Waals surface area contributed by atoms with Crippen LogP contribution in [0.3, 0.4) is 0 Å². The van der Waals surface area contributed by atoms with Gasteiger partial charge >= 0.3 is 5.97 Å². The molecule has 3 rings (SSSR count). The zero-order valence-electron chi connectivity index (χ0n) is 14.3. The average molecular weight is 339 g/mol. The third kappa shape index (κ3) is 3.50. The third-order valence-electron chi connectivity index (χ3n) is 4.66. The van der Waals surface area contributed by atoms with Gasteiger partial charge in [0.05, 0.1) is 11.3 Å². The first-order chi connectivity index (χ1) is 11.9. The Hall–Kier alpha value is -2.82. The Kier molecular flexibility index (Phi) is 4.49. The standard InChI is InChI=1S/C20H21NO4/c1-20(2,19(23)24)15-7-9-16(10-8-15)21-18(22)14-11-13-5-3-4-6-17(13)25-12-14/h3-10,14H,11-12H2,1-2H3,(H,21,22)(H,23,24). The largest absolute Gasteiger partial charge is 0.492 e. The van der Waals surface area contributed by atoms with E-state index in [-0.39, 0.29) is 11.8 Å². The average Bonchev–Trinajstić information content (AvgIpc) is 2.61. The Balaban J connectivity index is 1.67. The van der Waals surface area contributed by atoms with E-state index in [1.165, 1.54) is 0 Å². The van der Waals surface area contributed by atoms with Gasteiger partial charge in [-0.05, 0) is 49.6 Å². The van der Waals surface area contributed by atoms with Crippen molar-refractivity contribution < 1.29 is 19.4 Å². The normalized spacial score (nSPS) is 16.5. The Morgan fingerprint density at radius 2 is 1.80 bits per heavy atom. The van der Waals surface area contributed by atoms with Crippen LogP contribution in [0.4, 0.5) is 5.69 Å². The molecule has 0 fully saturated rings. The maximum Gasteiger partial charge on any atom is 0.313 e. The van der Waals surface area contributed by atoms with E-state index in [9.17, 15) is 14.7 Å². The Bertz CT molecular complexity index is 796. The van der Waals surface area contributed by atoms with Crippen molar-refractivity contribution in [3.63, 3.8) is 0 Å². The molecule has 0 saturated heterocycles. The van der Waals surface area contributed by atoms with E-state index in [4.69, 9.17) is 4.74 Å². The molecule has 1 aliphatic heterocycles. The van der Waals surface area contributed by atoms with E-state index < -0.39 is 11.4 Å². The maximum atomic E-state index is 12.5. The number of carboxylic acids is 1. The van der Waals surface area contributed by atoms with Gasteiger partial charge in [0.15, 0.2) is 0 Å². The highest BCUT2D eigenvalue weighted by Gasteiger charge is 2.29. The number of amides is 1. The molecule has 5 nitrogen and oxygen atoms in total. The number of carboxylic acid groups (broad SMARTS) is 1. The summed E-state index contributed by atoms with van der Waals surface area (Å²) in [6.45, 7) is 3.66. The van der Waals surface area contributed by atoms with Gasteiger partial charge in [0.2, 0.25) is 5.91 Å². The van der Waals surface area contributed by atoms with Crippen molar-refractivity contribution in [3.05, 3.63) is 59.7 Å². The number of benzene rings is 2. The quantitative estimate of drug-likeness (QED) is 0.897. The van der Waals surface area contributed by atoms with Crippen molar-refractivity contribution in [3.8, 4) is 5.75 Å². The molecule has 0 spiro atoms. The predicted octanol–water partition coefficient (Wildman–Crippen LogP) is 3.24. The number of carbonyl (C=O) groups excluding carboxylic acids is 1. The summed E-state index contributed by atoms with van der Waals surface area (Å²) in [5, 5.41) is 12.2. The van der Waals surface area contributed by atoms with Crippen molar-refractivity contribution in [2.75, 3.05) is 11.9 Å². The van der Waals surface area contributed by atoms with Crippen LogP contribution in [-0.2, 0) is 21.4 Å². The fourth-order valence-corrected chi connectivity index (χ4v) is 2.83. The van der Waals surface area contributed by atoms with Gasteiger partial charge in [-0.3, -0.25) is 9.59 Å². The lowest BCUT2D eigenvalue weighted by atomic mass is 9.85. The SMILES string of the molecule is CC(C)(C(=O)O)c1ccc(NC(=O)C2COc3ccccc3C2)cc1. The van der Waals surface area contributed by atoms with Crippen molar-refractivity contribution >= 4 is 17.6 Å². The minimum Gasteiger partial charge on any atom is -0.492 e. The highest BCUT2D eigenvalue weighted by Crippen LogP contribution is 2.28. The summed E-state index contributed by atoms with van der Waals surface area (Å²) in [5.41, 5.74) is 1.40. The summed E-state index contributed by atoms with van der Waals surface area (Å²) in [6.07, 6.45) is 0.645. The lowest BCUT2D eigenvalue weighted by molar-refractivity contribution is -0.142. The van der Waals surface area contributed by atoms with Crippen molar-refractivity contribution in [1.82, 2.24) is 0 Å². The number of nitrogens with one attached hydrogen (secondary N) is 1. The minimum atomic E-state index is -0.969. The Labute approximate surface area is 146 Å². The fraction of sp³-hybridized carbons (Fsp3) is 0.300. The molecular formula is C20H21NO4. The highest BCUT2D eigenvalue weighted by atomic mass is 16.5. The molecule has 2 N–H and O–H groups in total. The molecule has 1 amide bonds. The molecule has 0 aromatic heterocycles. The maximum absolute atomic E-state index is 12.5. The number of fused-ring (bicyclic) bond motifs is 1. The van der Waals surface area contributed by atoms with Crippen LogP contribution in [0, 0.1) is 5.92 Å². The molecule has 130 valence electrons. The third-order valence-corrected chi connectivity index (χ3v) is 4.66. The molecule has 1 atom stereocenters. The van der Waals surface area contributed by atoms with Crippen molar-refractivity contribution in [1.29, 1.82) is 0 Å². The molecule has 1 heterocycles. The van der Waals surface area contributed by atoms with Crippen LogP contribution in [0.2, 0.25) is 0 Å². The molecule has 0 bridgehead atoms. The van der Waals surface area contributed by atoms with Gasteiger partial charge in [-0.1, -0.05) is 30.3 Å². The molecular weight excluding hydrogens is 318 g/mol. The molecule has 0 aliphatic carbocycles. The molecule has 1 aliphatic rings. The number of ether oxygens (including phenoxy) is 1. The van der Waals surface area contributed by atoms with Crippen LogP contribution < -0.4 is 10.1 Å². The lowest BCUT2D eigenvalue weighted by Gasteiger charge is -2.24. The zero-order chi connectivity index (χ0) is 18.0. The first-order valence-corrected chi connectivity index (χ1v) is 8.23. The van der Waals surface area contributed by atoms with E-state index in [0.29, 0.717) is 24.3 Å². The molecule has 0 saturated carbocycles. The number of para-hydroxylation sites is 1. The van der Waals surface area contributed by atoms with E-state index in [1.54, 1.807) is 38.1 Å². The molecule has 5 heteroatoms. The van der Waals surface area contributed by atoms with Gasteiger partial charge in [-0.2, -0.15) is 0 Å². The molecule has 2 aromatic rings. The van der Waals surface area contributed by atoms with Crippen LogP contribution in [0.15, 0.2) is 48.5 Å². The summed E-state index contributed by atoms with van der Waals surface area (Å²) in [7, 11) is 0. The van der Waals surface area contributed by atoms with Crippen molar-refractivity contribution in [2.45, 2.75) is 25.7 Å². The van der Waals surface area contributed by atoms with Crippen molar-refractivity contribution in [2.24, 2.45) is 5.92 Å². The molecule has 0 radical (unpaired) electrons. The predicted molar refractivity (Wildman–Crippen MR) is 94.9 cm³/mol. The lowest BCUT2D eigenvalue weighted by Crippen LogP contribution is -2.32. The second-order valence-corrected chi connectivity index (χ2v) is 6.82. The highest BCUT2D eigenvalue weighted by molar-refractivity contribution is 5.93. The summed E-state index contributed by atoms with van der Waals surface area (Å²) in [6, 6.07) is 14.7. The number of rotatable bonds is 4. The second-order valence-electron chi connectivity index (χ2n) is 6.82. The number of anilines is 1. The number of aliphatic carboxylic acids is 1. The fourth-order valence-electron chi connectivity index (χ4n) is 2.83. The molecule has 25 heavy (non-hydrogen) atoms. The number of hydrogen-bond donors (Lipinski definition) is 2. The first-order valence-electron chi connectivity index (χ1n) is 8.23. The monoisotopic (exact) mass is 339 g/mol. The van der Waals surface area contributed by atoms with Crippen LogP contribution in [0.25, 0.3) is 0 Å². The summed E-state index contributed by atoms with van der Waals surface area (Å²) in [5.74, 6) is -0.390. The van der Waals surface area contributed by atoms with Gasteiger partial charge in [0, 0.05) is 5.69 Å². The van der Waals surface area contributed by atoms with Gasteiger partial charge in [-0.25, -0.2) is 0 Å². The van der Waals surface area contributed by atoms with Gasteiger partial charge in [0.25, 0.3) is 0 Å². The smallest absolute Gasteiger partial charge is 0.313 e. The minimum absolute atomic E-state index is 0.0975. The summed E-state index contributed by atoms with van der Waals surface area (Å²) < 4.78 is 5.66. The van der Waals surface area contributed by atoms with E-state index in [0.717, 1.165) is 11.3 Å². The van der Waals surface area contributed by atoms with E-state index >= 15 is 0 Å². The van der Waals surface area contributed by atoms with E-state index in [1.807, 2.05) is 24.3 Å². The number of hydrogen-bond acceptors (Lipinski definition) is 3. The van der Waals surface area contributed by atoms with Crippen LogP contribution in [0.1, 0.15) is 25.0 Å². The zero-order valence-corrected chi connectivity index (χ0v) is 14.3. The van der Waals surface area contributed by atoms with Crippen LogP contribution in [0.5, 0.6) is 5.75 Å². The molecule has 2 aromatic carbocycles. The summed E-state index contributed by atoms with van der Waals surface area (Å²) in [4.78, 5) is 23.8. The van der Waals surface area contributed by atoms with Gasteiger partial charge in [0.1, 0.15) is 12.4 Å².